The van der Waals surface area contributed by atoms with E-state index in [4.69, 9.17) is 4.42 Å². The molecule has 6 heteroatoms. The third-order valence-corrected chi connectivity index (χ3v) is 5.11. The lowest BCUT2D eigenvalue weighted by Crippen LogP contribution is -2.06. The van der Waals surface area contributed by atoms with Crippen molar-refractivity contribution in [3.63, 3.8) is 0 Å². The van der Waals surface area contributed by atoms with Gasteiger partial charge in [-0.15, -0.1) is 11.3 Å². The average molecular weight is 392 g/mol. The van der Waals surface area contributed by atoms with Gasteiger partial charge in [0.2, 0.25) is 5.91 Å². The molecule has 4 aromatic rings. The van der Waals surface area contributed by atoms with E-state index in [0.717, 1.165) is 21.4 Å². The lowest BCUT2D eigenvalue weighted by atomic mass is 10.1. The summed E-state index contributed by atoms with van der Waals surface area (Å²) in [6.45, 7) is 2.00. The van der Waals surface area contributed by atoms with Crippen LogP contribution >= 0.6 is 11.3 Å². The molecule has 0 aliphatic carbocycles. The van der Waals surface area contributed by atoms with Crippen LogP contribution < -0.4 is 5.32 Å². The van der Waals surface area contributed by atoms with E-state index in [0.29, 0.717) is 22.9 Å². The number of nitrogens with one attached hydrogen (secondary N) is 1. The van der Waals surface area contributed by atoms with Gasteiger partial charge in [0.15, 0.2) is 5.13 Å². The zero-order valence-electron chi connectivity index (χ0n) is 15.1. The van der Waals surface area contributed by atoms with Crippen LogP contribution in [0.1, 0.15) is 21.8 Å². The molecule has 0 aliphatic rings. The van der Waals surface area contributed by atoms with E-state index in [-0.39, 0.29) is 11.7 Å². The molecule has 0 fully saturated rings. The van der Waals surface area contributed by atoms with Gasteiger partial charge in [0.05, 0.1) is 0 Å². The number of carbonyl (C=O) groups excluding carboxylic acids is 1. The molecule has 2 aromatic heterocycles. The number of furan rings is 1. The molecular formula is C22H17FN2O2S. The quantitative estimate of drug-likeness (QED) is 0.451. The van der Waals surface area contributed by atoms with E-state index in [1.54, 1.807) is 30.5 Å². The zero-order valence-corrected chi connectivity index (χ0v) is 15.9. The summed E-state index contributed by atoms with van der Waals surface area (Å²) in [6, 6.07) is 14.5. The fourth-order valence-corrected chi connectivity index (χ4v) is 3.66. The van der Waals surface area contributed by atoms with Gasteiger partial charge in [-0.05, 0) is 42.3 Å². The van der Waals surface area contributed by atoms with Crippen LogP contribution in [0.3, 0.4) is 0 Å². The Hall–Kier alpha value is -3.25. The largest absolute Gasteiger partial charge is 0.457 e. The number of hydrogen-bond acceptors (Lipinski definition) is 4. The minimum atomic E-state index is -0.302. The number of rotatable bonds is 5. The summed E-state index contributed by atoms with van der Waals surface area (Å²) in [4.78, 5) is 17.2. The number of halogens is 1. The van der Waals surface area contributed by atoms with Crippen molar-refractivity contribution >= 4 is 39.4 Å². The number of hydrogen-bond donors (Lipinski definition) is 1. The number of anilines is 1. The summed E-state index contributed by atoms with van der Waals surface area (Å²) >= 11 is 1.32. The Morgan fingerprint density at radius 1 is 1.25 bits per heavy atom. The lowest BCUT2D eigenvalue weighted by Gasteiger charge is -1.99. The Labute approximate surface area is 165 Å². The number of thiazole rings is 1. The molecule has 0 aliphatic heterocycles. The van der Waals surface area contributed by atoms with Crippen molar-refractivity contribution in [3.05, 3.63) is 88.4 Å². The van der Waals surface area contributed by atoms with Crippen molar-refractivity contribution in [1.82, 2.24) is 4.98 Å². The molecule has 28 heavy (non-hydrogen) atoms. The number of amides is 1. The van der Waals surface area contributed by atoms with E-state index < -0.39 is 0 Å². The second-order valence-electron chi connectivity index (χ2n) is 6.41. The van der Waals surface area contributed by atoms with Crippen molar-refractivity contribution < 1.29 is 13.6 Å². The Balaban J connectivity index is 1.40. The van der Waals surface area contributed by atoms with Crippen LogP contribution in [0.4, 0.5) is 9.52 Å². The number of aromatic nitrogens is 1. The molecule has 4 rings (SSSR count). The molecule has 140 valence electrons. The first-order valence-electron chi connectivity index (χ1n) is 8.74. The summed E-state index contributed by atoms with van der Waals surface area (Å²) < 4.78 is 19.5. The van der Waals surface area contributed by atoms with E-state index >= 15 is 0 Å². The fraction of sp³-hybridized carbons (Fsp3) is 0.0909. The molecule has 0 unspecified atom stereocenters. The van der Waals surface area contributed by atoms with Gasteiger partial charge in [-0.2, -0.15) is 0 Å². The van der Waals surface area contributed by atoms with Crippen molar-refractivity contribution in [2.45, 2.75) is 13.3 Å². The Morgan fingerprint density at radius 3 is 2.96 bits per heavy atom. The summed E-state index contributed by atoms with van der Waals surface area (Å²) in [5.74, 6) is 0.0593. The predicted octanol–water partition coefficient (Wildman–Crippen LogP) is 5.58. The third kappa shape index (κ3) is 4.18. The first-order valence-corrected chi connectivity index (χ1v) is 9.56. The molecule has 1 amide bonds. The monoisotopic (exact) mass is 392 g/mol. The molecule has 0 atom stereocenters. The first kappa shape index (κ1) is 18.1. The SMILES string of the molecule is Cc1ccc2cc(/C=C/C(=O)Nc3ncc(Cc4ccccc4F)s3)oc2c1. The van der Waals surface area contributed by atoms with Crippen molar-refractivity contribution in [3.8, 4) is 0 Å². The Bertz CT molecular complexity index is 1180. The molecule has 0 radical (unpaired) electrons. The van der Waals surface area contributed by atoms with Crippen LogP contribution in [0.25, 0.3) is 17.0 Å². The maximum Gasteiger partial charge on any atom is 0.250 e. The number of aryl methyl sites for hydroxylation is 1. The van der Waals surface area contributed by atoms with Crippen LogP contribution in [0.5, 0.6) is 0 Å². The van der Waals surface area contributed by atoms with Crippen LogP contribution in [-0.4, -0.2) is 10.9 Å². The topological polar surface area (TPSA) is 55.1 Å². The van der Waals surface area contributed by atoms with E-state index in [9.17, 15) is 9.18 Å². The maximum atomic E-state index is 13.7. The van der Waals surface area contributed by atoms with Crippen LogP contribution in [-0.2, 0) is 11.2 Å². The minimum absolute atomic E-state index is 0.245. The maximum absolute atomic E-state index is 13.7. The average Bonchev–Trinajstić information content (AvgIpc) is 3.28. The van der Waals surface area contributed by atoms with Gasteiger partial charge in [-0.3, -0.25) is 10.1 Å². The number of fused-ring (bicyclic) bond motifs is 1. The fourth-order valence-electron chi connectivity index (χ4n) is 2.82. The lowest BCUT2D eigenvalue weighted by molar-refractivity contribution is -0.111. The van der Waals surface area contributed by atoms with Crippen molar-refractivity contribution in [1.29, 1.82) is 0 Å². The van der Waals surface area contributed by atoms with Gasteiger partial charge >= 0.3 is 0 Å². The predicted molar refractivity (Wildman–Crippen MR) is 110 cm³/mol. The standard InChI is InChI=1S/C22H17FN2O2S/c1-14-6-7-16-11-17(27-20(16)10-14)8-9-21(26)25-22-24-13-18(28-22)12-15-4-2-3-5-19(15)23/h2-11,13H,12H2,1H3,(H,24,25,26)/b9-8+. The highest BCUT2D eigenvalue weighted by Gasteiger charge is 2.08. The second kappa shape index (κ2) is 7.78. The highest BCUT2D eigenvalue weighted by Crippen LogP contribution is 2.23. The third-order valence-electron chi connectivity index (χ3n) is 4.20. The Kier molecular flexibility index (Phi) is 5.04. The van der Waals surface area contributed by atoms with Crippen LogP contribution in [0.15, 0.2) is 65.2 Å². The molecule has 0 spiro atoms. The molecule has 0 saturated carbocycles. The Morgan fingerprint density at radius 2 is 2.11 bits per heavy atom. The van der Waals surface area contributed by atoms with Gasteiger partial charge in [0, 0.05) is 29.0 Å². The molecule has 0 saturated heterocycles. The summed E-state index contributed by atoms with van der Waals surface area (Å²) in [7, 11) is 0. The van der Waals surface area contributed by atoms with E-state index in [2.05, 4.69) is 10.3 Å². The number of carbonyl (C=O) groups is 1. The van der Waals surface area contributed by atoms with Gasteiger partial charge in [0.1, 0.15) is 17.2 Å². The van der Waals surface area contributed by atoms with Crippen molar-refractivity contribution in [2.24, 2.45) is 0 Å². The summed E-state index contributed by atoms with van der Waals surface area (Å²) in [5, 5.41) is 4.18. The number of nitrogens with zero attached hydrogens (tertiary/aromatic N) is 1. The highest BCUT2D eigenvalue weighted by atomic mass is 32.1. The highest BCUT2D eigenvalue weighted by molar-refractivity contribution is 7.15. The second-order valence-corrected chi connectivity index (χ2v) is 7.53. The molecule has 2 heterocycles. The van der Waals surface area contributed by atoms with Gasteiger partial charge < -0.3 is 4.42 Å². The van der Waals surface area contributed by atoms with Gasteiger partial charge in [-0.25, -0.2) is 9.37 Å². The van der Waals surface area contributed by atoms with Gasteiger partial charge in [-0.1, -0.05) is 30.3 Å². The van der Waals surface area contributed by atoms with Crippen LogP contribution in [0, 0.1) is 12.7 Å². The normalized spacial score (nSPS) is 11.4. The summed E-state index contributed by atoms with van der Waals surface area (Å²) in [6.07, 6.45) is 5.12. The first-order chi connectivity index (χ1) is 13.6. The van der Waals surface area contributed by atoms with E-state index in [1.165, 1.54) is 23.5 Å². The smallest absolute Gasteiger partial charge is 0.250 e. The van der Waals surface area contributed by atoms with E-state index in [1.807, 2.05) is 31.2 Å². The minimum Gasteiger partial charge on any atom is -0.457 e. The van der Waals surface area contributed by atoms with Crippen LogP contribution in [0.2, 0.25) is 0 Å². The van der Waals surface area contributed by atoms with Crippen molar-refractivity contribution in [2.75, 3.05) is 5.32 Å². The molecule has 1 N–H and O–H groups in total. The molecule has 4 nitrogen and oxygen atoms in total. The summed E-state index contributed by atoms with van der Waals surface area (Å²) in [5.41, 5.74) is 2.51. The zero-order chi connectivity index (χ0) is 19.5. The number of benzene rings is 2. The van der Waals surface area contributed by atoms with Gasteiger partial charge in [0.25, 0.3) is 0 Å². The molecule has 0 bridgehead atoms. The molecule has 2 aromatic carbocycles. The molecular weight excluding hydrogens is 375 g/mol.